The maximum absolute atomic E-state index is 7.17. The molecule has 2 unspecified atom stereocenters. The number of benzene rings is 10. The van der Waals surface area contributed by atoms with Crippen molar-refractivity contribution in [3.8, 4) is 57.1 Å². The van der Waals surface area contributed by atoms with Crippen LogP contribution in [0.25, 0.3) is 54.2 Å². The minimum atomic E-state index is -2.73. The summed E-state index contributed by atoms with van der Waals surface area (Å²) in [6, 6.07) is 54.0. The van der Waals surface area contributed by atoms with Crippen molar-refractivity contribution in [3.63, 3.8) is 0 Å². The summed E-state index contributed by atoms with van der Waals surface area (Å²) < 4.78 is 27.2. The van der Waals surface area contributed by atoms with E-state index in [0.29, 0.717) is 0 Å². The Hall–Kier alpha value is -6.26. The molecule has 4 heterocycles. The van der Waals surface area contributed by atoms with Crippen molar-refractivity contribution in [3.05, 3.63) is 170 Å². The maximum Gasteiger partial charge on any atom is 0.140 e. The molecule has 4 aliphatic heterocycles. The zero-order valence-electron chi connectivity index (χ0n) is 31.5. The third-order valence-electron chi connectivity index (χ3n) is 12.7. The van der Waals surface area contributed by atoms with E-state index in [0.717, 1.165) is 132 Å². The Kier molecular flexibility index (Phi) is 6.56. The highest BCUT2D eigenvalue weighted by Crippen LogP contribution is 2.63. The Morgan fingerprint density at radius 3 is 1.40 bits per heavy atom. The molecule has 0 N–H and O–H groups in total. The Morgan fingerprint density at radius 1 is 0.283 bits per heavy atom. The van der Waals surface area contributed by atoms with Gasteiger partial charge in [0.05, 0.1) is 22.7 Å². The van der Waals surface area contributed by atoms with Crippen molar-refractivity contribution in [2.75, 3.05) is 0 Å². The summed E-state index contributed by atoms with van der Waals surface area (Å²) in [5, 5.41) is 15.1. The second-order valence-electron chi connectivity index (χ2n) is 15.8. The highest BCUT2D eigenvalue weighted by atomic mass is 32.4. The first-order valence-corrected chi connectivity index (χ1v) is 25.5. The first-order valence-electron chi connectivity index (χ1n) is 19.9. The molecular weight excluding hydrogens is 815 g/mol. The molecule has 14 rings (SSSR count). The van der Waals surface area contributed by atoms with Crippen LogP contribution >= 0.6 is 12.1 Å². The van der Waals surface area contributed by atoms with Crippen molar-refractivity contribution < 1.29 is 18.9 Å². The highest BCUT2D eigenvalue weighted by molar-refractivity contribution is 8.26. The smallest absolute Gasteiger partial charge is 0.140 e. The fourth-order valence-corrected chi connectivity index (χ4v) is 20.2. The highest BCUT2D eigenvalue weighted by Gasteiger charge is 2.46. The topological polar surface area (TPSA) is 36.9 Å². The number of ether oxygens (including phenoxy) is 4. The van der Waals surface area contributed by atoms with Gasteiger partial charge in [0.15, 0.2) is 0 Å². The summed E-state index contributed by atoms with van der Waals surface area (Å²) in [6.07, 6.45) is 0. The first-order chi connectivity index (χ1) is 29.5. The molecule has 4 aliphatic rings. The lowest BCUT2D eigenvalue weighted by atomic mass is 9.93. The van der Waals surface area contributed by atoms with Crippen LogP contribution in [0, 0.1) is 0 Å². The van der Waals surface area contributed by atoms with Gasteiger partial charge in [-0.2, -0.15) is 0 Å². The van der Waals surface area contributed by atoms with Gasteiger partial charge in [-0.05, 0) is 109 Å². The van der Waals surface area contributed by atoms with Gasteiger partial charge in [-0.15, -0.1) is 0 Å². The number of fused-ring (bicyclic) bond motifs is 15. The van der Waals surface area contributed by atoms with Gasteiger partial charge >= 0.3 is 0 Å². The molecule has 2 atom stereocenters. The minimum absolute atomic E-state index is 0.755. The molecule has 0 saturated heterocycles. The van der Waals surface area contributed by atoms with Crippen molar-refractivity contribution in [1.82, 2.24) is 0 Å². The Labute approximate surface area is 354 Å². The molecule has 10 aromatic carbocycles. The van der Waals surface area contributed by atoms with Crippen LogP contribution in [0.2, 0.25) is 0 Å². The van der Waals surface area contributed by atoms with Crippen LogP contribution in [0.4, 0.5) is 0 Å². The molecule has 0 bridgehead atoms. The summed E-state index contributed by atoms with van der Waals surface area (Å²) in [5.74, 6) is 6.26. The lowest BCUT2D eigenvalue weighted by Crippen LogP contribution is -2.35. The standard InChI is InChI=1S/C52H28O4P2S2/c59-57-47-26-31-12-7-17-35(37(31)27-45(47)55-40-19-8-18-39(51(40)57)53-43-24-22-29-10-1-3-13-32(29)48(43)57)38-28-46-50(36-16-6-5-15-34(36)38)58(60)49-33-14-4-2-11-30(33)23-25-44(49)54-41-20-9-21-42(56-46)52(41)58/h1-28H. The van der Waals surface area contributed by atoms with Gasteiger partial charge in [0.1, 0.15) is 46.0 Å². The zero-order valence-corrected chi connectivity index (χ0v) is 34.9. The Balaban J connectivity index is 1.03. The fraction of sp³-hybridized carbons (Fsp3) is 0. The van der Waals surface area contributed by atoms with Gasteiger partial charge in [0, 0.05) is 21.2 Å². The molecular formula is C52H28O4P2S2. The van der Waals surface area contributed by atoms with E-state index in [1.807, 2.05) is 36.4 Å². The van der Waals surface area contributed by atoms with E-state index >= 15 is 0 Å². The fourth-order valence-electron chi connectivity index (χ4n) is 10.2. The average Bonchev–Trinajstić information content (AvgIpc) is 3.27. The quantitative estimate of drug-likeness (QED) is 0.153. The van der Waals surface area contributed by atoms with Crippen LogP contribution in [0.3, 0.4) is 0 Å². The van der Waals surface area contributed by atoms with Crippen LogP contribution in [0.5, 0.6) is 46.0 Å². The van der Waals surface area contributed by atoms with Crippen LogP contribution in [-0.4, -0.2) is 0 Å². The third kappa shape index (κ3) is 4.17. The van der Waals surface area contributed by atoms with E-state index in [2.05, 4.69) is 133 Å². The molecule has 0 spiro atoms. The van der Waals surface area contributed by atoms with E-state index < -0.39 is 12.1 Å². The van der Waals surface area contributed by atoms with Gasteiger partial charge in [0.2, 0.25) is 0 Å². The van der Waals surface area contributed by atoms with Crippen molar-refractivity contribution in [2.45, 2.75) is 0 Å². The molecule has 0 saturated carbocycles. The van der Waals surface area contributed by atoms with Crippen LogP contribution in [0.15, 0.2) is 170 Å². The predicted octanol–water partition coefficient (Wildman–Crippen LogP) is 11.9. The SMILES string of the molecule is S=P12c3cc4cccc(-c5cc6c(c7ccccc57)P5(=S)c7c(cccc7O6)Oc6ccc7ccccc7c65)c4cc3Oc3cccc(c31)Oc1ccc3ccccc3c12. The molecule has 282 valence electrons. The van der Waals surface area contributed by atoms with Gasteiger partial charge < -0.3 is 18.9 Å². The average molecular weight is 843 g/mol. The Bertz CT molecular complexity index is 3760. The van der Waals surface area contributed by atoms with Crippen molar-refractivity contribution >= 4 is 111 Å². The van der Waals surface area contributed by atoms with E-state index in [9.17, 15) is 0 Å². The van der Waals surface area contributed by atoms with E-state index in [1.54, 1.807) is 0 Å². The number of hydrogen-bond acceptors (Lipinski definition) is 6. The van der Waals surface area contributed by atoms with E-state index in [4.69, 9.17) is 42.6 Å². The molecule has 10 aromatic rings. The molecule has 60 heavy (non-hydrogen) atoms. The molecule has 0 fully saturated rings. The molecule has 4 nitrogen and oxygen atoms in total. The third-order valence-corrected chi connectivity index (χ3v) is 22.4. The second-order valence-corrected chi connectivity index (χ2v) is 24.2. The Morgan fingerprint density at radius 2 is 0.750 bits per heavy atom. The molecule has 0 radical (unpaired) electrons. The summed E-state index contributed by atoms with van der Waals surface area (Å²) >= 11 is 14.2. The van der Waals surface area contributed by atoms with Crippen LogP contribution in [-0.2, 0) is 23.6 Å². The maximum atomic E-state index is 7.17. The molecule has 0 amide bonds. The largest absolute Gasteiger partial charge is 0.456 e. The number of rotatable bonds is 1. The van der Waals surface area contributed by atoms with Gasteiger partial charge in [0.25, 0.3) is 0 Å². The van der Waals surface area contributed by atoms with Gasteiger partial charge in [-0.1, -0.05) is 139 Å². The zero-order chi connectivity index (χ0) is 39.5. The predicted molar refractivity (Wildman–Crippen MR) is 254 cm³/mol. The van der Waals surface area contributed by atoms with Crippen molar-refractivity contribution in [2.24, 2.45) is 0 Å². The van der Waals surface area contributed by atoms with Crippen LogP contribution < -0.4 is 50.8 Å². The van der Waals surface area contributed by atoms with E-state index in [1.165, 1.54) is 0 Å². The molecule has 0 aliphatic carbocycles. The van der Waals surface area contributed by atoms with Crippen molar-refractivity contribution in [1.29, 1.82) is 0 Å². The molecule has 8 heteroatoms. The lowest BCUT2D eigenvalue weighted by molar-refractivity contribution is 0.467. The summed E-state index contributed by atoms with van der Waals surface area (Å²) in [7, 11) is 0. The number of hydrogen-bond donors (Lipinski definition) is 0. The monoisotopic (exact) mass is 842 g/mol. The van der Waals surface area contributed by atoms with Crippen LogP contribution in [0.1, 0.15) is 0 Å². The normalized spacial score (nSPS) is 18.5. The van der Waals surface area contributed by atoms with E-state index in [-0.39, 0.29) is 0 Å². The lowest BCUT2D eigenvalue weighted by Gasteiger charge is -2.39. The van der Waals surface area contributed by atoms with Gasteiger partial charge in [-0.3, -0.25) is 0 Å². The summed E-state index contributed by atoms with van der Waals surface area (Å²) in [5.41, 5.74) is 2.14. The first kappa shape index (κ1) is 33.6. The molecule has 0 aromatic heterocycles. The second kappa shape index (κ2) is 11.7. The summed E-state index contributed by atoms with van der Waals surface area (Å²) in [6.45, 7) is 0. The summed E-state index contributed by atoms with van der Waals surface area (Å²) in [4.78, 5) is 0. The van der Waals surface area contributed by atoms with Gasteiger partial charge in [-0.25, -0.2) is 0 Å². The minimum Gasteiger partial charge on any atom is -0.456 e.